The van der Waals surface area contributed by atoms with Crippen molar-refractivity contribution < 1.29 is 19.1 Å². The fourth-order valence-electron chi connectivity index (χ4n) is 1.80. The van der Waals surface area contributed by atoms with Crippen LogP contribution in [0.15, 0.2) is 12.7 Å². The van der Waals surface area contributed by atoms with Gasteiger partial charge in [0.2, 0.25) is 0 Å². The molecular weight excluding hydrogens is 196 g/mol. The average molecular weight is 212 g/mol. The van der Waals surface area contributed by atoms with Gasteiger partial charge < -0.3 is 9.47 Å². The molecule has 1 aliphatic rings. The zero-order valence-electron chi connectivity index (χ0n) is 9.12. The summed E-state index contributed by atoms with van der Waals surface area (Å²) in [7, 11) is 0. The van der Waals surface area contributed by atoms with Crippen molar-refractivity contribution in [1.82, 2.24) is 0 Å². The Balaban J connectivity index is 2.80. The van der Waals surface area contributed by atoms with Crippen molar-refractivity contribution in [1.29, 1.82) is 0 Å². The molecule has 0 aliphatic carbocycles. The van der Waals surface area contributed by atoms with Crippen molar-refractivity contribution in [2.75, 3.05) is 6.61 Å². The Bertz CT molecular complexity index is 284. The number of cyclic esters (lactones) is 1. The summed E-state index contributed by atoms with van der Waals surface area (Å²) in [6, 6.07) is 0. The molecule has 0 aromatic carbocycles. The molecule has 15 heavy (non-hydrogen) atoms. The summed E-state index contributed by atoms with van der Waals surface area (Å²) >= 11 is 0. The van der Waals surface area contributed by atoms with E-state index >= 15 is 0 Å². The van der Waals surface area contributed by atoms with Crippen molar-refractivity contribution in [2.45, 2.75) is 32.3 Å². The number of esters is 2. The number of ether oxygens (including phenoxy) is 2. The standard InChI is InChI=1S/C11H16O4/c1-4-6-11(3)8(7-9(12)15-11)10(13)14-5-2/h4,8H,1,5-7H2,2-3H3/t8-,11-/m0/s1. The number of rotatable bonds is 4. The minimum Gasteiger partial charge on any atom is -0.466 e. The van der Waals surface area contributed by atoms with Gasteiger partial charge in [0.1, 0.15) is 11.5 Å². The van der Waals surface area contributed by atoms with Crippen LogP contribution in [0.5, 0.6) is 0 Å². The van der Waals surface area contributed by atoms with Crippen molar-refractivity contribution in [3.8, 4) is 0 Å². The molecule has 1 heterocycles. The van der Waals surface area contributed by atoms with Gasteiger partial charge in [-0.05, 0) is 13.8 Å². The summed E-state index contributed by atoms with van der Waals surface area (Å²) in [6.07, 6.45) is 2.20. The van der Waals surface area contributed by atoms with Gasteiger partial charge in [-0.3, -0.25) is 9.59 Å². The first-order chi connectivity index (χ1) is 7.03. The van der Waals surface area contributed by atoms with E-state index in [0.29, 0.717) is 13.0 Å². The predicted octanol–water partition coefficient (Wildman–Crippen LogP) is 1.45. The Morgan fingerprint density at radius 1 is 1.80 bits per heavy atom. The summed E-state index contributed by atoms with van der Waals surface area (Å²) in [5.41, 5.74) is -0.787. The van der Waals surface area contributed by atoms with E-state index in [1.165, 1.54) is 0 Å². The smallest absolute Gasteiger partial charge is 0.313 e. The summed E-state index contributed by atoms with van der Waals surface area (Å²) < 4.78 is 10.1. The van der Waals surface area contributed by atoms with E-state index in [1.807, 2.05) is 0 Å². The third-order valence-electron chi connectivity index (χ3n) is 2.58. The quantitative estimate of drug-likeness (QED) is 0.522. The molecule has 0 aromatic rings. The maximum absolute atomic E-state index is 11.6. The highest BCUT2D eigenvalue weighted by Crippen LogP contribution is 2.36. The van der Waals surface area contributed by atoms with Gasteiger partial charge in [0.25, 0.3) is 0 Å². The average Bonchev–Trinajstić information content (AvgIpc) is 2.42. The van der Waals surface area contributed by atoms with Crippen LogP contribution in [0.2, 0.25) is 0 Å². The van der Waals surface area contributed by atoms with Crippen LogP contribution < -0.4 is 0 Å². The molecule has 1 saturated heterocycles. The van der Waals surface area contributed by atoms with E-state index in [-0.39, 0.29) is 18.4 Å². The second kappa shape index (κ2) is 4.47. The lowest BCUT2D eigenvalue weighted by Gasteiger charge is -2.26. The maximum atomic E-state index is 11.6. The van der Waals surface area contributed by atoms with E-state index in [9.17, 15) is 9.59 Å². The number of carbonyl (C=O) groups excluding carboxylic acids is 2. The first-order valence-electron chi connectivity index (χ1n) is 5.03. The molecule has 1 aliphatic heterocycles. The molecular formula is C11H16O4. The highest BCUT2D eigenvalue weighted by molar-refractivity contribution is 5.84. The Hall–Kier alpha value is -1.32. The maximum Gasteiger partial charge on any atom is 0.313 e. The molecule has 0 saturated carbocycles. The predicted molar refractivity (Wildman–Crippen MR) is 54.1 cm³/mol. The molecule has 0 aromatic heterocycles. The molecule has 0 amide bonds. The Kier molecular flexibility index (Phi) is 3.50. The van der Waals surface area contributed by atoms with Crippen LogP contribution in [0.25, 0.3) is 0 Å². The lowest BCUT2D eigenvalue weighted by molar-refractivity contribution is -0.156. The number of carbonyl (C=O) groups is 2. The van der Waals surface area contributed by atoms with Crippen molar-refractivity contribution in [3.05, 3.63) is 12.7 Å². The van der Waals surface area contributed by atoms with Crippen LogP contribution in [0, 0.1) is 5.92 Å². The molecule has 2 atom stereocenters. The van der Waals surface area contributed by atoms with Gasteiger partial charge in [-0.25, -0.2) is 0 Å². The zero-order valence-corrected chi connectivity index (χ0v) is 9.12. The Morgan fingerprint density at radius 3 is 3.00 bits per heavy atom. The Morgan fingerprint density at radius 2 is 2.47 bits per heavy atom. The summed E-state index contributed by atoms with van der Waals surface area (Å²) in [5.74, 6) is -1.23. The van der Waals surface area contributed by atoms with Crippen LogP contribution in [0.1, 0.15) is 26.7 Å². The molecule has 0 bridgehead atoms. The molecule has 4 nitrogen and oxygen atoms in total. The lowest BCUT2D eigenvalue weighted by Crippen LogP contribution is -2.37. The van der Waals surface area contributed by atoms with E-state index in [0.717, 1.165) is 0 Å². The normalized spacial score (nSPS) is 29.7. The van der Waals surface area contributed by atoms with E-state index in [1.54, 1.807) is 19.9 Å². The first-order valence-corrected chi connectivity index (χ1v) is 5.03. The fraction of sp³-hybridized carbons (Fsp3) is 0.636. The van der Waals surface area contributed by atoms with Gasteiger partial charge in [-0.2, -0.15) is 0 Å². The third-order valence-corrected chi connectivity index (χ3v) is 2.58. The fourth-order valence-corrected chi connectivity index (χ4v) is 1.80. The van der Waals surface area contributed by atoms with Crippen LogP contribution in [0.3, 0.4) is 0 Å². The van der Waals surface area contributed by atoms with Crippen LogP contribution >= 0.6 is 0 Å². The molecule has 1 fully saturated rings. The van der Waals surface area contributed by atoms with Gasteiger partial charge in [0, 0.05) is 6.42 Å². The minimum atomic E-state index is -0.787. The van der Waals surface area contributed by atoms with Gasteiger partial charge in [-0.1, -0.05) is 6.08 Å². The van der Waals surface area contributed by atoms with Crippen molar-refractivity contribution in [3.63, 3.8) is 0 Å². The van der Waals surface area contributed by atoms with Crippen molar-refractivity contribution in [2.24, 2.45) is 5.92 Å². The molecule has 4 heteroatoms. The second-order valence-corrected chi connectivity index (χ2v) is 3.79. The van der Waals surface area contributed by atoms with E-state index in [2.05, 4.69) is 6.58 Å². The van der Waals surface area contributed by atoms with Gasteiger partial charge >= 0.3 is 11.9 Å². The zero-order chi connectivity index (χ0) is 11.5. The number of hydrogen-bond donors (Lipinski definition) is 0. The van der Waals surface area contributed by atoms with Crippen LogP contribution in [-0.4, -0.2) is 24.1 Å². The summed E-state index contributed by atoms with van der Waals surface area (Å²) in [4.78, 5) is 22.8. The summed E-state index contributed by atoms with van der Waals surface area (Å²) in [6.45, 7) is 7.38. The third kappa shape index (κ3) is 2.37. The Labute approximate surface area is 89.2 Å². The van der Waals surface area contributed by atoms with Crippen LogP contribution in [-0.2, 0) is 19.1 Å². The number of hydrogen-bond acceptors (Lipinski definition) is 4. The van der Waals surface area contributed by atoms with E-state index in [4.69, 9.17) is 9.47 Å². The monoisotopic (exact) mass is 212 g/mol. The molecule has 0 spiro atoms. The minimum absolute atomic E-state index is 0.100. The molecule has 0 radical (unpaired) electrons. The largest absolute Gasteiger partial charge is 0.466 e. The van der Waals surface area contributed by atoms with Crippen LogP contribution in [0.4, 0.5) is 0 Å². The topological polar surface area (TPSA) is 52.6 Å². The van der Waals surface area contributed by atoms with Crippen molar-refractivity contribution >= 4 is 11.9 Å². The van der Waals surface area contributed by atoms with Gasteiger partial charge in [0.15, 0.2) is 0 Å². The SMILES string of the molecule is C=CC[C@]1(C)OC(=O)C[C@H]1C(=O)OCC. The van der Waals surface area contributed by atoms with Gasteiger partial charge in [0.05, 0.1) is 13.0 Å². The van der Waals surface area contributed by atoms with Gasteiger partial charge in [-0.15, -0.1) is 6.58 Å². The van der Waals surface area contributed by atoms with E-state index < -0.39 is 11.5 Å². The first kappa shape index (κ1) is 11.8. The molecule has 1 rings (SSSR count). The summed E-state index contributed by atoms with van der Waals surface area (Å²) in [5, 5.41) is 0. The molecule has 0 N–H and O–H groups in total. The molecule has 0 unspecified atom stereocenters. The second-order valence-electron chi connectivity index (χ2n) is 3.79. The lowest BCUT2D eigenvalue weighted by atomic mass is 9.86. The molecule has 84 valence electrons. The highest BCUT2D eigenvalue weighted by atomic mass is 16.6. The highest BCUT2D eigenvalue weighted by Gasteiger charge is 2.49.